The second kappa shape index (κ2) is 13.7. The molecule has 1 heterocycles. The lowest BCUT2D eigenvalue weighted by molar-refractivity contribution is -0.143. The number of hydrogen-bond donors (Lipinski definition) is 9. The number of nitrogens with zero attached hydrogens (tertiary/aromatic N) is 2. The van der Waals surface area contributed by atoms with Crippen LogP contribution in [0.1, 0.15) is 32.4 Å². The smallest absolute Gasteiger partial charge is 0.326 e. The van der Waals surface area contributed by atoms with E-state index in [4.69, 9.17) is 17.2 Å². The highest BCUT2D eigenvalue weighted by Gasteiger charge is 2.31. The molecule has 0 aromatic carbocycles. The number of aliphatic imine (C=N–C) groups is 1. The van der Waals surface area contributed by atoms with Gasteiger partial charge in [0, 0.05) is 24.9 Å². The van der Waals surface area contributed by atoms with Gasteiger partial charge in [-0.05, 0) is 26.7 Å². The molecule has 0 aliphatic carbocycles. The predicted octanol–water partition coefficient (Wildman–Crippen LogP) is -3.73. The van der Waals surface area contributed by atoms with Crippen molar-refractivity contribution in [3.05, 3.63) is 18.2 Å². The first-order chi connectivity index (χ1) is 15.9. The molecule has 15 nitrogen and oxygen atoms in total. The summed E-state index contributed by atoms with van der Waals surface area (Å²) in [7, 11) is 0. The Kier molecular flexibility index (Phi) is 11.4. The van der Waals surface area contributed by atoms with Crippen molar-refractivity contribution >= 4 is 29.7 Å². The fourth-order valence-electron chi connectivity index (χ4n) is 2.80. The summed E-state index contributed by atoms with van der Waals surface area (Å²) in [5, 5.41) is 26.4. The molecule has 0 radical (unpaired) electrons. The van der Waals surface area contributed by atoms with E-state index >= 15 is 0 Å². The Balaban J connectivity index is 2.66. The van der Waals surface area contributed by atoms with E-state index in [0.29, 0.717) is 18.7 Å². The molecule has 0 aliphatic heterocycles. The molecule has 5 atom stereocenters. The summed E-state index contributed by atoms with van der Waals surface area (Å²) >= 11 is 0. The maximum atomic E-state index is 12.6. The summed E-state index contributed by atoms with van der Waals surface area (Å²) in [5.74, 6) is -3.67. The van der Waals surface area contributed by atoms with Crippen molar-refractivity contribution < 1.29 is 29.4 Å². The number of aromatic nitrogens is 2. The number of nitrogens with two attached hydrogens (primary N) is 3. The number of carboxylic acid groups (broad SMARTS) is 1. The maximum absolute atomic E-state index is 12.6. The van der Waals surface area contributed by atoms with Crippen LogP contribution in [0.15, 0.2) is 17.5 Å². The van der Waals surface area contributed by atoms with Gasteiger partial charge in [0.05, 0.1) is 18.5 Å². The normalized spacial score (nSPS) is 15.2. The second-order valence-electron chi connectivity index (χ2n) is 7.69. The van der Waals surface area contributed by atoms with Gasteiger partial charge in [0.2, 0.25) is 17.7 Å². The lowest BCUT2D eigenvalue weighted by Gasteiger charge is -2.25. The molecule has 0 saturated heterocycles. The van der Waals surface area contributed by atoms with Crippen LogP contribution >= 0.6 is 0 Å². The maximum Gasteiger partial charge on any atom is 0.326 e. The number of aromatic amines is 1. The number of nitrogens with one attached hydrogen (secondary N) is 4. The zero-order chi connectivity index (χ0) is 25.8. The summed E-state index contributed by atoms with van der Waals surface area (Å²) in [6.07, 6.45) is 2.04. The molecule has 1 aromatic heterocycles. The first-order valence-corrected chi connectivity index (χ1v) is 10.5. The largest absolute Gasteiger partial charge is 0.480 e. The summed E-state index contributed by atoms with van der Waals surface area (Å²) in [6.45, 7) is 2.92. The number of rotatable bonds is 14. The molecule has 0 spiro atoms. The van der Waals surface area contributed by atoms with Gasteiger partial charge in [0.1, 0.15) is 18.1 Å². The zero-order valence-corrected chi connectivity index (χ0v) is 19.0. The molecule has 5 unspecified atom stereocenters. The van der Waals surface area contributed by atoms with Crippen LogP contribution in [0.2, 0.25) is 0 Å². The minimum atomic E-state index is -1.47. The molecule has 34 heavy (non-hydrogen) atoms. The summed E-state index contributed by atoms with van der Waals surface area (Å²) in [6, 6.07) is -4.81. The summed E-state index contributed by atoms with van der Waals surface area (Å²) < 4.78 is 0. The second-order valence-corrected chi connectivity index (χ2v) is 7.69. The van der Waals surface area contributed by atoms with Crippen molar-refractivity contribution in [3.8, 4) is 0 Å². The fourth-order valence-corrected chi connectivity index (χ4v) is 2.80. The molecule has 0 bridgehead atoms. The van der Waals surface area contributed by atoms with E-state index in [1.165, 1.54) is 26.4 Å². The quantitative estimate of drug-likeness (QED) is 0.0709. The molecule has 0 fully saturated rings. The molecule has 190 valence electrons. The van der Waals surface area contributed by atoms with Gasteiger partial charge < -0.3 is 48.3 Å². The standard InChI is InChI=1S/C19H33N9O6/c1-9(26-16(31)12(20)4-3-5-24-19(21)22)15(30)28-14(10(2)29)17(32)27-13(18(33)34)6-11-7-23-8-25-11/h7-10,12-14,29H,3-6,20H2,1-2H3,(H,23,25)(H,26,31)(H,27,32)(H,28,30)(H,33,34)(H4,21,22,24). The lowest BCUT2D eigenvalue weighted by Crippen LogP contribution is -2.59. The van der Waals surface area contributed by atoms with Crippen LogP contribution in [0.25, 0.3) is 0 Å². The Morgan fingerprint density at radius 3 is 2.32 bits per heavy atom. The Labute approximate surface area is 195 Å². The molecular weight excluding hydrogens is 450 g/mol. The van der Waals surface area contributed by atoms with Gasteiger partial charge in [0.25, 0.3) is 0 Å². The van der Waals surface area contributed by atoms with Crippen LogP contribution in [0.4, 0.5) is 0 Å². The Hall–Kier alpha value is -3.72. The highest BCUT2D eigenvalue weighted by Crippen LogP contribution is 2.02. The predicted molar refractivity (Wildman–Crippen MR) is 121 cm³/mol. The molecule has 3 amide bonds. The Morgan fingerprint density at radius 1 is 1.12 bits per heavy atom. The Morgan fingerprint density at radius 2 is 1.79 bits per heavy atom. The number of carboxylic acids is 1. The van der Waals surface area contributed by atoms with Crippen LogP contribution in [0, 0.1) is 0 Å². The average Bonchev–Trinajstić information content (AvgIpc) is 3.26. The molecule has 1 rings (SSSR count). The van der Waals surface area contributed by atoms with Crippen LogP contribution in [-0.4, -0.2) is 86.6 Å². The van der Waals surface area contributed by atoms with E-state index in [2.05, 4.69) is 30.9 Å². The monoisotopic (exact) mass is 483 g/mol. The van der Waals surface area contributed by atoms with Gasteiger partial charge in [-0.3, -0.25) is 19.4 Å². The van der Waals surface area contributed by atoms with Crippen molar-refractivity contribution in [3.63, 3.8) is 0 Å². The van der Waals surface area contributed by atoms with Crippen molar-refractivity contribution in [1.29, 1.82) is 0 Å². The molecule has 12 N–H and O–H groups in total. The Bertz CT molecular complexity index is 854. The number of aliphatic carboxylic acids is 1. The van der Waals surface area contributed by atoms with Crippen molar-refractivity contribution in [2.75, 3.05) is 6.54 Å². The fraction of sp³-hybridized carbons (Fsp3) is 0.579. The van der Waals surface area contributed by atoms with Crippen LogP contribution in [-0.2, 0) is 25.6 Å². The number of imidazole rings is 1. The van der Waals surface area contributed by atoms with E-state index in [9.17, 15) is 29.4 Å². The third-order valence-corrected chi connectivity index (χ3v) is 4.71. The number of amides is 3. The molecule has 15 heteroatoms. The first-order valence-electron chi connectivity index (χ1n) is 10.5. The van der Waals surface area contributed by atoms with E-state index in [0.717, 1.165) is 0 Å². The van der Waals surface area contributed by atoms with Gasteiger partial charge in [-0.15, -0.1) is 0 Å². The van der Waals surface area contributed by atoms with E-state index in [1.54, 1.807) is 0 Å². The number of aliphatic hydroxyl groups excluding tert-OH is 1. The number of hydrogen-bond acceptors (Lipinski definition) is 8. The van der Waals surface area contributed by atoms with Crippen LogP contribution in [0.3, 0.4) is 0 Å². The minimum Gasteiger partial charge on any atom is -0.480 e. The van der Waals surface area contributed by atoms with Crippen molar-refractivity contribution in [2.24, 2.45) is 22.2 Å². The van der Waals surface area contributed by atoms with Gasteiger partial charge in [-0.1, -0.05) is 0 Å². The highest BCUT2D eigenvalue weighted by atomic mass is 16.4. The molecule has 0 saturated carbocycles. The van der Waals surface area contributed by atoms with Gasteiger partial charge in [0.15, 0.2) is 5.96 Å². The van der Waals surface area contributed by atoms with Crippen LogP contribution < -0.4 is 33.2 Å². The third kappa shape index (κ3) is 9.83. The summed E-state index contributed by atoms with van der Waals surface area (Å²) in [5.41, 5.74) is 16.7. The molecule has 0 aliphatic rings. The first kappa shape index (κ1) is 28.3. The van der Waals surface area contributed by atoms with E-state index in [-0.39, 0.29) is 18.8 Å². The van der Waals surface area contributed by atoms with E-state index < -0.39 is 54.0 Å². The average molecular weight is 484 g/mol. The SMILES string of the molecule is CC(NC(=O)C(N)CCCN=C(N)N)C(=O)NC(C(=O)NC(Cc1cnc[nH]1)C(=O)O)C(C)O. The van der Waals surface area contributed by atoms with Crippen molar-refractivity contribution in [2.45, 2.75) is 63.4 Å². The van der Waals surface area contributed by atoms with E-state index in [1.807, 2.05) is 0 Å². The lowest BCUT2D eigenvalue weighted by atomic mass is 10.1. The summed E-state index contributed by atoms with van der Waals surface area (Å²) in [4.78, 5) is 59.1. The number of H-pyrrole nitrogens is 1. The van der Waals surface area contributed by atoms with Crippen LogP contribution in [0.5, 0.6) is 0 Å². The van der Waals surface area contributed by atoms with Gasteiger partial charge in [-0.2, -0.15) is 0 Å². The minimum absolute atomic E-state index is 0.0731. The topological polar surface area (TPSA) is 264 Å². The third-order valence-electron chi connectivity index (χ3n) is 4.71. The number of aliphatic hydroxyl groups is 1. The molecule has 1 aromatic rings. The highest BCUT2D eigenvalue weighted by molar-refractivity contribution is 5.94. The molecular formula is C19H33N9O6. The van der Waals surface area contributed by atoms with Gasteiger partial charge >= 0.3 is 5.97 Å². The van der Waals surface area contributed by atoms with Crippen molar-refractivity contribution in [1.82, 2.24) is 25.9 Å². The number of carbonyl (C=O) groups is 4. The number of guanidine groups is 1. The number of carbonyl (C=O) groups excluding carboxylic acids is 3. The zero-order valence-electron chi connectivity index (χ0n) is 19.0. The van der Waals surface area contributed by atoms with Gasteiger partial charge in [-0.25, -0.2) is 9.78 Å².